The van der Waals surface area contributed by atoms with Gasteiger partial charge in [-0.3, -0.25) is 0 Å². The third kappa shape index (κ3) is 15.8. The molecular weight excluding hydrogens is 909 g/mol. The van der Waals surface area contributed by atoms with Crippen LogP contribution < -0.4 is 18.3 Å². The highest BCUT2D eigenvalue weighted by Crippen LogP contribution is 2.29. The van der Waals surface area contributed by atoms with Gasteiger partial charge in [-0.2, -0.15) is 0 Å². The zero-order chi connectivity index (χ0) is 69.8. The summed E-state index contributed by atoms with van der Waals surface area (Å²) in [5, 5.41) is 0. The van der Waals surface area contributed by atoms with Crippen molar-refractivity contribution in [1.82, 2.24) is 0 Å². The lowest BCUT2D eigenvalue weighted by atomic mass is 9.95. The Hall–Kier alpha value is -6.52. The minimum Gasteiger partial charge on any atom is -0.201 e. The first-order chi connectivity index (χ1) is 42.1. The molecule has 0 aliphatic rings. The second-order valence-electron chi connectivity index (χ2n) is 20.7. The van der Waals surface area contributed by atoms with Crippen molar-refractivity contribution >= 4 is 0 Å². The lowest BCUT2D eigenvalue weighted by Crippen LogP contribution is -2.32. The molecule has 4 aromatic carbocycles. The van der Waals surface area contributed by atoms with Crippen LogP contribution in [0.15, 0.2) is 146 Å². The molecule has 8 aromatic rings. The SMILES string of the molecule is [2H]C([2H])(C)c1cc(-c2ccccc2C)[n+](C)cc1C([2H])(C)C([2H])([2H])[2H].[2H]C([2H])([2H])c1c[n+](C)c(-c2ccccc2C)cc1C(C)C.[2H]C([2H])([2H])c1c[n+](C)c(-c2ccccc2C)cc1C([2H])([2H])C(C)C.[2H]C([2H])([2H])c1c[n+](C)c(-c2ccccc2C)cc1CC(C)C. The number of benzene rings is 4. The summed E-state index contributed by atoms with van der Waals surface area (Å²) in [6.07, 6.45) is 3.93. The van der Waals surface area contributed by atoms with Crippen LogP contribution in [0.25, 0.3) is 45.0 Å². The molecule has 0 aliphatic heterocycles. The summed E-state index contributed by atoms with van der Waals surface area (Å²) in [5.74, 6) is -1.66. The molecule has 0 spiro atoms. The summed E-state index contributed by atoms with van der Waals surface area (Å²) in [7, 11) is 7.40. The lowest BCUT2D eigenvalue weighted by molar-refractivity contribution is -0.661. The quantitative estimate of drug-likeness (QED) is 0.115. The number of rotatable bonds is 11. The number of aryl methyl sites for hydroxylation is 12. The molecule has 1 unspecified atom stereocenters. The van der Waals surface area contributed by atoms with Crippen LogP contribution in [0.5, 0.6) is 0 Å². The Morgan fingerprint density at radius 3 is 1.15 bits per heavy atom. The van der Waals surface area contributed by atoms with E-state index in [0.29, 0.717) is 17.0 Å². The van der Waals surface area contributed by atoms with Gasteiger partial charge in [0.25, 0.3) is 0 Å². The Kier molecular flexibility index (Phi) is 14.2. The Balaban J connectivity index is 0.000000223. The molecule has 0 N–H and O–H groups in total. The summed E-state index contributed by atoms with van der Waals surface area (Å²) >= 11 is 0. The molecule has 0 saturated carbocycles. The van der Waals surface area contributed by atoms with E-state index in [1.54, 1.807) is 74.0 Å². The maximum Gasteiger partial charge on any atom is 0.212 e. The van der Waals surface area contributed by atoms with Crippen molar-refractivity contribution in [2.45, 2.75) is 141 Å². The molecule has 394 valence electrons. The Labute approximate surface area is 479 Å². The monoisotopic (exact) mass is 1020 g/mol. The normalized spacial score (nSPS) is 16.2. The van der Waals surface area contributed by atoms with Crippen LogP contribution in [-0.4, -0.2) is 0 Å². The molecule has 0 fully saturated rings. The van der Waals surface area contributed by atoms with Crippen LogP contribution in [-0.2, 0) is 47.4 Å². The molecule has 4 heterocycles. The molecule has 0 aliphatic carbocycles. The van der Waals surface area contributed by atoms with Crippen molar-refractivity contribution in [1.29, 1.82) is 0 Å². The van der Waals surface area contributed by atoms with Gasteiger partial charge in [-0.05, 0) is 160 Å². The van der Waals surface area contributed by atoms with E-state index < -0.39 is 46.0 Å². The van der Waals surface area contributed by atoms with Gasteiger partial charge in [0.1, 0.15) is 28.2 Å². The summed E-state index contributed by atoms with van der Waals surface area (Å²) in [6, 6.07) is 39.4. The van der Waals surface area contributed by atoms with Crippen LogP contribution in [0.3, 0.4) is 0 Å². The van der Waals surface area contributed by atoms with E-state index in [4.69, 9.17) is 23.3 Å². The summed E-state index contributed by atoms with van der Waals surface area (Å²) < 4.78 is 142. The van der Waals surface area contributed by atoms with Gasteiger partial charge in [-0.15, -0.1) is 0 Å². The highest BCUT2D eigenvalue weighted by molar-refractivity contribution is 5.64. The summed E-state index contributed by atoms with van der Waals surface area (Å²) in [5.41, 5.74) is 15.8. The first-order valence-electron chi connectivity index (χ1n) is 34.5. The molecule has 1 atom stereocenters. The topological polar surface area (TPSA) is 15.5 Å². The van der Waals surface area contributed by atoms with Crippen molar-refractivity contribution in [2.24, 2.45) is 40.0 Å². The Morgan fingerprint density at radius 1 is 0.427 bits per heavy atom. The van der Waals surface area contributed by atoms with Gasteiger partial charge in [-0.25, -0.2) is 18.3 Å². The predicted molar refractivity (Wildman–Crippen MR) is 320 cm³/mol. The lowest BCUT2D eigenvalue weighted by Gasteiger charge is -2.12. The molecule has 0 amide bonds. The van der Waals surface area contributed by atoms with Crippen molar-refractivity contribution in [3.05, 3.63) is 213 Å². The van der Waals surface area contributed by atoms with Gasteiger partial charge in [-0.1, -0.05) is 135 Å². The fourth-order valence-electron chi connectivity index (χ4n) is 9.19. The van der Waals surface area contributed by atoms with E-state index in [9.17, 15) is 0 Å². The molecule has 4 heteroatoms. The van der Waals surface area contributed by atoms with Crippen LogP contribution in [0.1, 0.15) is 164 Å². The number of pyridine rings is 4. The highest BCUT2D eigenvalue weighted by atomic mass is 14.9. The van der Waals surface area contributed by atoms with Gasteiger partial charge in [0.2, 0.25) is 22.8 Å². The van der Waals surface area contributed by atoms with Gasteiger partial charge < -0.3 is 0 Å². The zero-order valence-corrected chi connectivity index (χ0v) is 47.6. The molecular formula is C71H94N4+4. The minimum absolute atomic E-state index is 0.0704. The number of aromatic nitrogens is 4. The molecule has 8 rings (SSSR count). The fraction of sp³-hybridized carbons (Fsp3) is 0.380. The van der Waals surface area contributed by atoms with E-state index in [1.807, 2.05) is 136 Å². The van der Waals surface area contributed by atoms with E-state index in [2.05, 4.69) is 52.0 Å². The molecule has 75 heavy (non-hydrogen) atoms. The van der Waals surface area contributed by atoms with Crippen LogP contribution in [0, 0.1) is 60.1 Å². The molecule has 0 bridgehead atoms. The van der Waals surface area contributed by atoms with Crippen LogP contribution in [0.4, 0.5) is 0 Å². The first-order valence-corrected chi connectivity index (χ1v) is 26.0. The number of nitrogens with zero attached hydrogens (tertiary/aromatic N) is 4. The van der Waals surface area contributed by atoms with Crippen LogP contribution in [0.2, 0.25) is 0 Å². The van der Waals surface area contributed by atoms with Gasteiger partial charge in [0.15, 0.2) is 24.8 Å². The first kappa shape index (κ1) is 38.9. The molecule has 4 nitrogen and oxygen atoms in total. The molecule has 0 radical (unpaired) electrons. The standard InChI is InChI=1S/3C18H24N.C17H22N/c2*1-13(2)10-16-11-18(19(5)12-15(16)4)17-9-7-6-8-14(17)3;1-6-15-11-18(16-10-8-7-9-14(16)4)19(5)12-17(15)13(2)3;1-12(2)16-10-17(18(5)11-14(16)4)15-9-7-6-8-13(15)3/h2*6-9,11-13H,10H2,1-5H3;7-13H,6H2,1-5H3;6-12H,1-5H3/q4*+1/i4D3,10D2;4D3;2D3,6D2,13D;4D3. The van der Waals surface area contributed by atoms with Gasteiger partial charge >= 0.3 is 0 Å². The average Bonchev–Trinajstić information content (AvgIpc) is 0.770. The van der Waals surface area contributed by atoms with E-state index in [-0.39, 0.29) is 34.1 Å². The molecule has 0 saturated heterocycles. The largest absolute Gasteiger partial charge is 0.212 e. The molecule has 4 aromatic heterocycles. The second-order valence-corrected chi connectivity index (χ2v) is 20.7. The summed E-state index contributed by atoms with van der Waals surface area (Å²) in [4.78, 5) is 0. The third-order valence-electron chi connectivity index (χ3n) is 13.3. The Morgan fingerprint density at radius 2 is 0.787 bits per heavy atom. The van der Waals surface area contributed by atoms with Gasteiger partial charge in [0, 0.05) is 92.1 Å². The fourth-order valence-corrected chi connectivity index (χ4v) is 9.19. The number of hydrogen-bond donors (Lipinski definition) is 0. The highest BCUT2D eigenvalue weighted by Gasteiger charge is 2.21. The van der Waals surface area contributed by atoms with Gasteiger partial charge in [0.05, 0.1) is 0 Å². The minimum atomic E-state index is -2.57. The van der Waals surface area contributed by atoms with Crippen molar-refractivity contribution in [3.63, 3.8) is 0 Å². The smallest absolute Gasteiger partial charge is 0.201 e. The van der Waals surface area contributed by atoms with Crippen molar-refractivity contribution < 1.29 is 41.6 Å². The maximum atomic E-state index is 8.43. The second kappa shape index (κ2) is 27.3. The predicted octanol–water partition coefficient (Wildman–Crippen LogP) is 16.1. The number of hydrogen-bond acceptors (Lipinski definition) is 0. The Bertz CT molecular complexity index is 3860. The van der Waals surface area contributed by atoms with Crippen molar-refractivity contribution in [3.8, 4) is 45.0 Å². The van der Waals surface area contributed by atoms with E-state index in [1.165, 1.54) is 25.0 Å². The van der Waals surface area contributed by atoms with E-state index >= 15 is 0 Å². The maximum absolute atomic E-state index is 8.43. The third-order valence-corrected chi connectivity index (χ3v) is 13.3. The van der Waals surface area contributed by atoms with E-state index in [0.717, 1.165) is 73.7 Å². The zero-order valence-electron chi connectivity index (χ0n) is 64.6. The van der Waals surface area contributed by atoms with Crippen LogP contribution >= 0.6 is 0 Å². The average molecular weight is 1020 g/mol. The summed E-state index contributed by atoms with van der Waals surface area (Å²) in [6.45, 7) is 13.6. The van der Waals surface area contributed by atoms with Crippen molar-refractivity contribution in [2.75, 3.05) is 0 Å².